The average molecular weight is 519 g/mol. The Morgan fingerprint density at radius 2 is 1.71 bits per heavy atom. The van der Waals surface area contributed by atoms with Gasteiger partial charge in [0.1, 0.15) is 12.2 Å². The molecule has 0 saturated carbocycles. The first-order valence-electron chi connectivity index (χ1n) is 12.0. The van der Waals surface area contributed by atoms with Crippen LogP contribution in [0.25, 0.3) is 5.69 Å². The minimum absolute atomic E-state index is 0.0729. The van der Waals surface area contributed by atoms with Crippen molar-refractivity contribution in [2.45, 2.75) is 40.2 Å². The highest BCUT2D eigenvalue weighted by molar-refractivity contribution is 6.01. The third-order valence-corrected chi connectivity index (χ3v) is 6.24. The first-order chi connectivity index (χ1) is 18.0. The van der Waals surface area contributed by atoms with Crippen molar-refractivity contribution in [1.82, 2.24) is 4.57 Å². The molecule has 1 aliphatic carbocycles. The predicted octanol–water partition coefficient (Wildman–Crippen LogP) is 4.43. The van der Waals surface area contributed by atoms with Gasteiger partial charge < -0.3 is 9.47 Å². The van der Waals surface area contributed by atoms with E-state index in [2.05, 4.69) is 0 Å². The van der Waals surface area contributed by atoms with E-state index in [0.717, 1.165) is 0 Å². The lowest BCUT2D eigenvalue weighted by atomic mass is 9.75. The van der Waals surface area contributed by atoms with Crippen LogP contribution in [-0.2, 0) is 22.5 Å². The number of hydrogen-bond acceptors (Lipinski definition) is 8. The fourth-order valence-electron chi connectivity index (χ4n) is 4.48. The maximum Gasteiger partial charge on any atom is 0.343 e. The number of rotatable bonds is 7. The van der Waals surface area contributed by atoms with Crippen molar-refractivity contribution in [2.75, 3.05) is 6.61 Å². The minimum atomic E-state index is -0.812. The third kappa shape index (κ3) is 5.39. The summed E-state index contributed by atoms with van der Waals surface area (Å²) in [4.78, 5) is 61.9. The zero-order valence-electron chi connectivity index (χ0n) is 21.2. The molecule has 3 aromatic rings. The van der Waals surface area contributed by atoms with Crippen LogP contribution in [0.15, 0.2) is 59.4 Å². The number of non-ortho nitro benzene ring substituents is 1. The first-order valence-corrected chi connectivity index (χ1v) is 12.0. The third-order valence-electron chi connectivity index (χ3n) is 6.24. The Kier molecular flexibility index (Phi) is 7.25. The number of Topliss-reactive ketones (excluding diaryl/α,β-unsaturated/α-hetero) is 1. The van der Waals surface area contributed by atoms with E-state index >= 15 is 0 Å². The van der Waals surface area contributed by atoms with Crippen LogP contribution in [0.2, 0.25) is 0 Å². The lowest BCUT2D eigenvalue weighted by Gasteiger charge is -2.32. The molecular weight excluding hydrogens is 492 g/mol. The number of ketones is 1. The lowest BCUT2D eigenvalue weighted by Crippen LogP contribution is -2.36. The van der Waals surface area contributed by atoms with Gasteiger partial charge in [-0.25, -0.2) is 9.59 Å². The molecule has 0 unspecified atom stereocenters. The second kappa shape index (κ2) is 10.4. The molecule has 0 amide bonds. The highest BCUT2D eigenvalue weighted by atomic mass is 16.6. The number of nitro groups is 1. The SMILES string of the molecule is CCOC(=O)c1cc2c(n(-c3ccc(C(=O)OCc4cccc([N+](=O)[O-])c4)cc3)c1=O)CC(C)(C)CC2=O. The number of hydrogen-bond donors (Lipinski definition) is 0. The summed E-state index contributed by atoms with van der Waals surface area (Å²) in [5, 5.41) is 10.9. The highest BCUT2D eigenvalue weighted by Gasteiger charge is 2.35. The molecule has 1 aromatic heterocycles. The van der Waals surface area contributed by atoms with Gasteiger partial charge in [0.2, 0.25) is 0 Å². The zero-order chi connectivity index (χ0) is 27.6. The van der Waals surface area contributed by atoms with Crippen molar-refractivity contribution in [3.63, 3.8) is 0 Å². The summed E-state index contributed by atoms with van der Waals surface area (Å²) < 4.78 is 11.7. The van der Waals surface area contributed by atoms with Gasteiger partial charge in [0.15, 0.2) is 5.78 Å². The van der Waals surface area contributed by atoms with Crippen molar-refractivity contribution in [2.24, 2.45) is 5.41 Å². The van der Waals surface area contributed by atoms with Gasteiger partial charge in [0.05, 0.1) is 17.1 Å². The van der Waals surface area contributed by atoms with Crippen LogP contribution in [0, 0.1) is 15.5 Å². The molecule has 0 fully saturated rings. The topological polar surface area (TPSA) is 135 Å². The van der Waals surface area contributed by atoms with Gasteiger partial charge in [-0.05, 0) is 54.7 Å². The number of fused-ring (bicyclic) bond motifs is 1. The van der Waals surface area contributed by atoms with Gasteiger partial charge in [-0.15, -0.1) is 0 Å². The Morgan fingerprint density at radius 1 is 1.00 bits per heavy atom. The number of aromatic nitrogens is 1. The Balaban J connectivity index is 1.66. The number of nitro benzene ring substituents is 1. The zero-order valence-corrected chi connectivity index (χ0v) is 21.2. The molecule has 0 atom stereocenters. The number of esters is 2. The van der Waals surface area contributed by atoms with E-state index in [-0.39, 0.29) is 47.6 Å². The summed E-state index contributed by atoms with van der Waals surface area (Å²) in [6.45, 7) is 5.40. The maximum absolute atomic E-state index is 13.4. The molecular formula is C28H26N2O8. The molecule has 0 saturated heterocycles. The van der Waals surface area contributed by atoms with Crippen LogP contribution in [-0.4, -0.2) is 33.8 Å². The molecule has 0 aliphatic heterocycles. The van der Waals surface area contributed by atoms with E-state index in [0.29, 0.717) is 28.9 Å². The van der Waals surface area contributed by atoms with Gasteiger partial charge >= 0.3 is 11.9 Å². The van der Waals surface area contributed by atoms with Gasteiger partial charge in [-0.2, -0.15) is 0 Å². The van der Waals surface area contributed by atoms with Gasteiger partial charge in [-0.1, -0.05) is 26.0 Å². The molecule has 10 nitrogen and oxygen atoms in total. The fourth-order valence-corrected chi connectivity index (χ4v) is 4.48. The molecule has 0 radical (unpaired) electrons. The van der Waals surface area contributed by atoms with Gasteiger partial charge in [0.25, 0.3) is 11.2 Å². The van der Waals surface area contributed by atoms with Crippen LogP contribution in [0.5, 0.6) is 0 Å². The summed E-state index contributed by atoms with van der Waals surface area (Å²) in [6.07, 6.45) is 0.704. The molecule has 4 rings (SSSR count). The van der Waals surface area contributed by atoms with Gasteiger partial charge in [0, 0.05) is 35.5 Å². The van der Waals surface area contributed by atoms with Crippen molar-refractivity contribution < 1.29 is 28.8 Å². The van der Waals surface area contributed by atoms with Crippen LogP contribution < -0.4 is 5.56 Å². The van der Waals surface area contributed by atoms with E-state index < -0.39 is 22.4 Å². The Morgan fingerprint density at radius 3 is 2.37 bits per heavy atom. The van der Waals surface area contributed by atoms with Crippen LogP contribution in [0.4, 0.5) is 5.69 Å². The van der Waals surface area contributed by atoms with E-state index in [1.54, 1.807) is 13.0 Å². The molecule has 0 spiro atoms. The second-order valence-corrected chi connectivity index (χ2v) is 9.77. The van der Waals surface area contributed by atoms with Crippen LogP contribution in [0.1, 0.15) is 69.5 Å². The fraction of sp³-hybridized carbons (Fsp3) is 0.286. The summed E-state index contributed by atoms with van der Waals surface area (Å²) in [7, 11) is 0. The van der Waals surface area contributed by atoms with Crippen molar-refractivity contribution in [1.29, 1.82) is 0 Å². The number of carbonyl (C=O) groups is 3. The number of ether oxygens (including phenoxy) is 2. The number of pyridine rings is 1. The van der Waals surface area contributed by atoms with E-state index in [1.807, 2.05) is 13.8 Å². The molecule has 38 heavy (non-hydrogen) atoms. The van der Waals surface area contributed by atoms with Crippen molar-refractivity contribution in [3.05, 3.63) is 103 Å². The standard InChI is InChI=1S/C28H26N2O8/c1-4-37-27(34)22-13-21-23(14-28(2,3)15-24(21)31)29(25(22)32)19-10-8-18(9-11-19)26(33)38-16-17-6-5-7-20(12-17)30(35)36/h5-13H,4,14-16H2,1-3H3. The average Bonchev–Trinajstić information content (AvgIpc) is 2.87. The normalized spacial score (nSPS) is 13.9. The Labute approximate surface area is 218 Å². The van der Waals surface area contributed by atoms with E-state index in [9.17, 15) is 29.3 Å². The molecule has 196 valence electrons. The van der Waals surface area contributed by atoms with E-state index in [4.69, 9.17) is 9.47 Å². The molecule has 2 aromatic carbocycles. The smallest absolute Gasteiger partial charge is 0.343 e. The summed E-state index contributed by atoms with van der Waals surface area (Å²) in [6, 6.07) is 13.1. The predicted molar refractivity (Wildman–Crippen MR) is 137 cm³/mol. The molecule has 1 aliphatic rings. The molecule has 0 N–H and O–H groups in total. The number of nitrogens with zero attached hydrogens (tertiary/aromatic N) is 2. The molecule has 0 bridgehead atoms. The molecule has 10 heteroatoms. The molecule has 1 heterocycles. The van der Waals surface area contributed by atoms with Gasteiger partial charge in [-0.3, -0.25) is 24.3 Å². The van der Waals surface area contributed by atoms with E-state index in [1.165, 1.54) is 53.1 Å². The lowest BCUT2D eigenvalue weighted by molar-refractivity contribution is -0.384. The van der Waals surface area contributed by atoms with Crippen molar-refractivity contribution in [3.8, 4) is 5.69 Å². The van der Waals surface area contributed by atoms with Crippen molar-refractivity contribution >= 4 is 23.4 Å². The minimum Gasteiger partial charge on any atom is -0.462 e. The van der Waals surface area contributed by atoms with Crippen LogP contribution >= 0.6 is 0 Å². The van der Waals surface area contributed by atoms with Crippen LogP contribution in [0.3, 0.4) is 0 Å². The monoisotopic (exact) mass is 518 g/mol. The quantitative estimate of drug-likeness (QED) is 0.255. The first kappa shape index (κ1) is 26.5. The maximum atomic E-state index is 13.4. The summed E-state index contributed by atoms with van der Waals surface area (Å²) >= 11 is 0. The summed E-state index contributed by atoms with van der Waals surface area (Å²) in [5.41, 5.74) is 0.469. The second-order valence-electron chi connectivity index (χ2n) is 9.77. The Bertz CT molecular complexity index is 1500. The Hall–Kier alpha value is -4.60. The largest absolute Gasteiger partial charge is 0.462 e. The summed E-state index contributed by atoms with van der Waals surface area (Å²) in [5.74, 6) is -1.64. The highest BCUT2D eigenvalue weighted by Crippen LogP contribution is 2.35. The number of carbonyl (C=O) groups excluding carboxylic acids is 3. The number of benzene rings is 2.